The minimum Gasteiger partial charge on any atom is -0.481 e. The molecule has 2 unspecified atom stereocenters. The molecule has 21 heavy (non-hydrogen) atoms. The Morgan fingerprint density at radius 2 is 1.67 bits per heavy atom. The highest BCUT2D eigenvalue weighted by Gasteiger charge is 2.35. The van der Waals surface area contributed by atoms with Gasteiger partial charge in [0.1, 0.15) is 0 Å². The SMILES string of the molecule is O=C(O)C1CCCCC1N1CCN(c2ccccc2)CC1. The zero-order chi connectivity index (χ0) is 14.7. The molecule has 0 amide bonds. The van der Waals surface area contributed by atoms with Gasteiger partial charge in [-0.1, -0.05) is 31.0 Å². The lowest BCUT2D eigenvalue weighted by atomic mass is 9.83. The molecule has 0 spiro atoms. The summed E-state index contributed by atoms with van der Waals surface area (Å²) < 4.78 is 0. The molecule has 114 valence electrons. The molecule has 2 aliphatic rings. The molecule has 1 saturated carbocycles. The Labute approximate surface area is 126 Å². The van der Waals surface area contributed by atoms with Crippen molar-refractivity contribution in [3.8, 4) is 0 Å². The zero-order valence-corrected chi connectivity index (χ0v) is 12.4. The Morgan fingerprint density at radius 3 is 2.33 bits per heavy atom. The number of rotatable bonds is 3. The Balaban J connectivity index is 1.61. The molecule has 0 bridgehead atoms. The van der Waals surface area contributed by atoms with Crippen molar-refractivity contribution in [2.24, 2.45) is 5.92 Å². The van der Waals surface area contributed by atoms with E-state index in [0.717, 1.165) is 45.4 Å². The third kappa shape index (κ3) is 3.21. The lowest BCUT2D eigenvalue weighted by Gasteiger charge is -2.43. The van der Waals surface area contributed by atoms with Gasteiger partial charge in [-0.2, -0.15) is 0 Å². The van der Waals surface area contributed by atoms with Crippen LogP contribution in [0.15, 0.2) is 30.3 Å². The number of carboxylic acid groups (broad SMARTS) is 1. The summed E-state index contributed by atoms with van der Waals surface area (Å²) in [5.41, 5.74) is 1.27. The number of anilines is 1. The summed E-state index contributed by atoms with van der Waals surface area (Å²) in [6.45, 7) is 3.94. The first-order chi connectivity index (χ1) is 10.3. The molecule has 1 saturated heterocycles. The molecular formula is C17H24N2O2. The highest BCUT2D eigenvalue weighted by atomic mass is 16.4. The van der Waals surface area contributed by atoms with Crippen molar-refractivity contribution in [2.45, 2.75) is 31.7 Å². The van der Waals surface area contributed by atoms with Crippen LogP contribution < -0.4 is 4.90 Å². The maximum absolute atomic E-state index is 11.5. The number of nitrogens with zero attached hydrogens (tertiary/aromatic N) is 2. The standard InChI is InChI=1S/C17H24N2O2/c20-17(21)15-8-4-5-9-16(15)19-12-10-18(11-13-19)14-6-2-1-3-7-14/h1-3,6-7,15-16H,4-5,8-13H2,(H,20,21). The Hall–Kier alpha value is -1.55. The lowest BCUT2D eigenvalue weighted by Crippen LogP contribution is -2.54. The minimum absolute atomic E-state index is 0.165. The summed E-state index contributed by atoms with van der Waals surface area (Å²) in [4.78, 5) is 16.3. The summed E-state index contributed by atoms with van der Waals surface area (Å²) in [5, 5.41) is 9.43. The second kappa shape index (κ2) is 6.48. The number of hydrogen-bond acceptors (Lipinski definition) is 3. The van der Waals surface area contributed by atoms with Gasteiger partial charge in [-0.05, 0) is 25.0 Å². The monoisotopic (exact) mass is 288 g/mol. The predicted molar refractivity (Wildman–Crippen MR) is 83.6 cm³/mol. The zero-order valence-electron chi connectivity index (χ0n) is 12.4. The Kier molecular flexibility index (Phi) is 4.44. The number of carbonyl (C=O) groups is 1. The summed E-state index contributed by atoms with van der Waals surface area (Å²) in [7, 11) is 0. The molecule has 2 fully saturated rings. The van der Waals surface area contributed by atoms with Gasteiger partial charge in [-0.25, -0.2) is 0 Å². The van der Waals surface area contributed by atoms with Crippen molar-refractivity contribution < 1.29 is 9.90 Å². The predicted octanol–water partition coefficient (Wildman–Crippen LogP) is 2.45. The molecule has 0 aromatic heterocycles. The number of benzene rings is 1. The molecule has 4 nitrogen and oxygen atoms in total. The largest absolute Gasteiger partial charge is 0.481 e. The third-order valence-corrected chi connectivity index (χ3v) is 4.95. The fourth-order valence-corrected chi connectivity index (χ4v) is 3.79. The van der Waals surface area contributed by atoms with Gasteiger partial charge in [0.25, 0.3) is 0 Å². The van der Waals surface area contributed by atoms with Gasteiger partial charge in [0.05, 0.1) is 5.92 Å². The molecule has 1 N–H and O–H groups in total. The van der Waals surface area contributed by atoms with Crippen LogP contribution in [0.3, 0.4) is 0 Å². The molecule has 4 heteroatoms. The number of carboxylic acids is 1. The van der Waals surface area contributed by atoms with Crippen molar-refractivity contribution in [3.05, 3.63) is 30.3 Å². The summed E-state index contributed by atoms with van der Waals surface area (Å²) in [6, 6.07) is 10.7. The summed E-state index contributed by atoms with van der Waals surface area (Å²) in [5.74, 6) is -0.771. The van der Waals surface area contributed by atoms with Crippen LogP contribution in [0, 0.1) is 5.92 Å². The normalized spacial score (nSPS) is 27.5. The first-order valence-electron chi connectivity index (χ1n) is 8.02. The third-order valence-electron chi connectivity index (χ3n) is 4.95. The number of hydrogen-bond donors (Lipinski definition) is 1. The molecule has 1 heterocycles. The number of aliphatic carboxylic acids is 1. The first kappa shape index (κ1) is 14.4. The Bertz CT molecular complexity index is 469. The molecular weight excluding hydrogens is 264 g/mol. The number of para-hydroxylation sites is 1. The van der Waals surface area contributed by atoms with Crippen LogP contribution in [0.4, 0.5) is 5.69 Å². The van der Waals surface area contributed by atoms with Gasteiger partial charge >= 0.3 is 5.97 Å². The second-order valence-electron chi connectivity index (χ2n) is 6.16. The van der Waals surface area contributed by atoms with E-state index >= 15 is 0 Å². The van der Waals surface area contributed by atoms with Crippen molar-refractivity contribution >= 4 is 11.7 Å². The van der Waals surface area contributed by atoms with E-state index in [1.165, 1.54) is 12.1 Å². The van der Waals surface area contributed by atoms with Crippen molar-refractivity contribution in [1.29, 1.82) is 0 Å². The van der Waals surface area contributed by atoms with E-state index < -0.39 is 5.97 Å². The fourth-order valence-electron chi connectivity index (χ4n) is 3.79. The van der Waals surface area contributed by atoms with E-state index in [-0.39, 0.29) is 12.0 Å². The van der Waals surface area contributed by atoms with Gasteiger partial charge in [0.15, 0.2) is 0 Å². The van der Waals surface area contributed by atoms with Crippen molar-refractivity contribution in [1.82, 2.24) is 4.90 Å². The van der Waals surface area contributed by atoms with Gasteiger partial charge in [-0.3, -0.25) is 9.69 Å². The highest BCUT2D eigenvalue weighted by molar-refractivity contribution is 5.71. The maximum atomic E-state index is 11.5. The van der Waals surface area contributed by atoms with Crippen LogP contribution in [-0.4, -0.2) is 48.2 Å². The summed E-state index contributed by atoms with van der Waals surface area (Å²) >= 11 is 0. The second-order valence-corrected chi connectivity index (χ2v) is 6.16. The summed E-state index contributed by atoms with van der Waals surface area (Å²) in [6.07, 6.45) is 4.13. The topological polar surface area (TPSA) is 43.8 Å². The highest BCUT2D eigenvalue weighted by Crippen LogP contribution is 2.30. The fraction of sp³-hybridized carbons (Fsp3) is 0.588. The molecule has 1 aliphatic heterocycles. The van der Waals surface area contributed by atoms with Crippen LogP contribution in [-0.2, 0) is 4.79 Å². The molecule has 1 aromatic rings. The van der Waals surface area contributed by atoms with Crippen LogP contribution in [0.1, 0.15) is 25.7 Å². The van der Waals surface area contributed by atoms with Gasteiger partial charge < -0.3 is 10.0 Å². The average molecular weight is 288 g/mol. The number of piperazine rings is 1. The van der Waals surface area contributed by atoms with E-state index in [9.17, 15) is 9.90 Å². The van der Waals surface area contributed by atoms with Gasteiger partial charge in [0.2, 0.25) is 0 Å². The smallest absolute Gasteiger partial charge is 0.308 e. The van der Waals surface area contributed by atoms with Crippen molar-refractivity contribution in [2.75, 3.05) is 31.1 Å². The molecule has 1 aliphatic carbocycles. The van der Waals surface area contributed by atoms with E-state index in [0.29, 0.717) is 0 Å². The van der Waals surface area contributed by atoms with E-state index in [4.69, 9.17) is 0 Å². The van der Waals surface area contributed by atoms with Crippen molar-refractivity contribution in [3.63, 3.8) is 0 Å². The van der Waals surface area contributed by atoms with Crippen LogP contribution >= 0.6 is 0 Å². The molecule has 3 rings (SSSR count). The molecule has 0 radical (unpaired) electrons. The molecule has 1 aromatic carbocycles. The first-order valence-corrected chi connectivity index (χ1v) is 8.02. The van der Waals surface area contributed by atoms with E-state index in [1.54, 1.807) is 0 Å². The maximum Gasteiger partial charge on any atom is 0.308 e. The minimum atomic E-state index is -0.606. The van der Waals surface area contributed by atoms with Gasteiger partial charge in [-0.15, -0.1) is 0 Å². The van der Waals surface area contributed by atoms with Crippen LogP contribution in [0.5, 0.6) is 0 Å². The average Bonchev–Trinajstić information content (AvgIpc) is 2.56. The van der Waals surface area contributed by atoms with Crippen LogP contribution in [0.2, 0.25) is 0 Å². The quantitative estimate of drug-likeness (QED) is 0.928. The Morgan fingerprint density at radius 1 is 1.00 bits per heavy atom. The van der Waals surface area contributed by atoms with Gasteiger partial charge in [0, 0.05) is 37.9 Å². The lowest BCUT2D eigenvalue weighted by molar-refractivity contribution is -0.145. The van der Waals surface area contributed by atoms with E-state index in [1.807, 2.05) is 6.07 Å². The van der Waals surface area contributed by atoms with Crippen LogP contribution in [0.25, 0.3) is 0 Å². The molecule has 2 atom stereocenters. The van der Waals surface area contributed by atoms with E-state index in [2.05, 4.69) is 34.1 Å².